The van der Waals surface area contributed by atoms with Gasteiger partial charge in [0.25, 0.3) is 0 Å². The van der Waals surface area contributed by atoms with Crippen molar-refractivity contribution in [3.8, 4) is 0 Å². The number of nitrogens with one attached hydrogen (secondary N) is 2. The number of aryl methyl sites for hydroxylation is 1. The smallest absolute Gasteiger partial charge is 0.0660 e. The van der Waals surface area contributed by atoms with Crippen molar-refractivity contribution in [1.29, 1.82) is 0 Å². The van der Waals surface area contributed by atoms with E-state index in [1.807, 2.05) is 0 Å². The van der Waals surface area contributed by atoms with Crippen molar-refractivity contribution in [3.05, 3.63) is 17.0 Å². The number of fused-ring (bicyclic) bond motifs is 1. The number of hydrogen-bond acceptors (Lipinski definition) is 2. The Morgan fingerprint density at radius 2 is 2.27 bits per heavy atom. The van der Waals surface area contributed by atoms with Crippen molar-refractivity contribution in [3.63, 3.8) is 0 Å². The van der Waals surface area contributed by atoms with Gasteiger partial charge in [-0.1, -0.05) is 0 Å². The molecule has 3 nitrogen and oxygen atoms in total. The number of nitrogens with zero attached hydrogens (tertiary/aromatic N) is 1. The van der Waals surface area contributed by atoms with Gasteiger partial charge in [-0.25, -0.2) is 0 Å². The molecule has 1 aliphatic carbocycles. The number of piperidine rings is 1. The van der Waals surface area contributed by atoms with Crippen LogP contribution in [-0.4, -0.2) is 23.3 Å². The summed E-state index contributed by atoms with van der Waals surface area (Å²) in [7, 11) is 0. The minimum absolute atomic E-state index is 0.812. The molecule has 3 heteroatoms. The summed E-state index contributed by atoms with van der Waals surface area (Å²) in [6.45, 7) is 2.39. The molecule has 15 heavy (non-hydrogen) atoms. The molecule has 1 aliphatic heterocycles. The summed E-state index contributed by atoms with van der Waals surface area (Å²) in [4.78, 5) is 0. The predicted octanol–water partition coefficient (Wildman–Crippen LogP) is 1.44. The molecule has 1 aromatic heterocycles. The van der Waals surface area contributed by atoms with Crippen molar-refractivity contribution >= 4 is 0 Å². The topological polar surface area (TPSA) is 40.7 Å². The fourth-order valence-electron chi connectivity index (χ4n) is 2.93. The van der Waals surface area contributed by atoms with E-state index in [1.165, 1.54) is 63.0 Å². The van der Waals surface area contributed by atoms with Crippen LogP contribution >= 0.6 is 0 Å². The molecule has 1 aromatic rings. The van der Waals surface area contributed by atoms with Crippen molar-refractivity contribution in [2.75, 3.05) is 13.1 Å². The molecule has 2 aliphatic rings. The maximum absolute atomic E-state index is 4.48. The second-order valence-electron chi connectivity index (χ2n) is 4.90. The summed E-state index contributed by atoms with van der Waals surface area (Å²) in [5, 5.41) is 11.2. The molecule has 1 unspecified atom stereocenters. The summed E-state index contributed by atoms with van der Waals surface area (Å²) >= 11 is 0. The van der Waals surface area contributed by atoms with E-state index >= 15 is 0 Å². The lowest BCUT2D eigenvalue weighted by atomic mass is 9.93. The number of aromatic nitrogens is 2. The minimum Gasteiger partial charge on any atom is -0.316 e. The standard InChI is InChI=1S/C12H19N3/c1-4-10-11(5-1)14-15-12(10)7-9-3-2-6-13-8-9/h9,13H,1-8H2,(H,14,15). The molecule has 3 rings (SSSR count). The lowest BCUT2D eigenvalue weighted by molar-refractivity contribution is 0.373. The Hall–Kier alpha value is -0.830. The van der Waals surface area contributed by atoms with E-state index in [1.54, 1.807) is 5.56 Å². The molecule has 2 heterocycles. The monoisotopic (exact) mass is 205 g/mol. The maximum atomic E-state index is 4.48. The fourth-order valence-corrected chi connectivity index (χ4v) is 2.93. The zero-order valence-electron chi connectivity index (χ0n) is 9.18. The molecular weight excluding hydrogens is 186 g/mol. The van der Waals surface area contributed by atoms with Crippen molar-refractivity contribution < 1.29 is 0 Å². The third-order valence-corrected chi connectivity index (χ3v) is 3.77. The first kappa shape index (κ1) is 9.40. The van der Waals surface area contributed by atoms with Crippen LogP contribution in [0.1, 0.15) is 36.2 Å². The zero-order valence-corrected chi connectivity index (χ0v) is 9.18. The van der Waals surface area contributed by atoms with E-state index in [9.17, 15) is 0 Å². The molecule has 1 fully saturated rings. The second kappa shape index (κ2) is 3.97. The van der Waals surface area contributed by atoms with Crippen LogP contribution in [0.15, 0.2) is 0 Å². The molecule has 82 valence electrons. The van der Waals surface area contributed by atoms with Gasteiger partial charge in [0, 0.05) is 5.69 Å². The van der Waals surface area contributed by atoms with Gasteiger partial charge < -0.3 is 5.32 Å². The Balaban J connectivity index is 1.70. The van der Waals surface area contributed by atoms with Crippen LogP contribution in [0.5, 0.6) is 0 Å². The third kappa shape index (κ3) is 1.81. The number of aromatic amines is 1. The molecule has 1 atom stereocenters. The molecule has 0 spiro atoms. The fraction of sp³-hybridized carbons (Fsp3) is 0.750. The summed E-state index contributed by atoms with van der Waals surface area (Å²) < 4.78 is 0. The van der Waals surface area contributed by atoms with E-state index in [0.29, 0.717) is 0 Å². The van der Waals surface area contributed by atoms with Gasteiger partial charge in [0.1, 0.15) is 0 Å². The lowest BCUT2D eigenvalue weighted by Gasteiger charge is -2.22. The van der Waals surface area contributed by atoms with Crippen LogP contribution in [0, 0.1) is 5.92 Å². The van der Waals surface area contributed by atoms with Gasteiger partial charge in [-0.3, -0.25) is 5.10 Å². The molecule has 0 amide bonds. The summed E-state index contributed by atoms with van der Waals surface area (Å²) in [5.41, 5.74) is 4.31. The summed E-state index contributed by atoms with van der Waals surface area (Å²) in [6.07, 6.45) is 7.66. The molecule has 0 saturated carbocycles. The number of rotatable bonds is 2. The number of hydrogen-bond donors (Lipinski definition) is 2. The van der Waals surface area contributed by atoms with Crippen LogP contribution in [0.3, 0.4) is 0 Å². The molecule has 1 saturated heterocycles. The van der Waals surface area contributed by atoms with Gasteiger partial charge >= 0.3 is 0 Å². The van der Waals surface area contributed by atoms with Crippen molar-refractivity contribution in [2.24, 2.45) is 5.92 Å². The lowest BCUT2D eigenvalue weighted by Crippen LogP contribution is -2.31. The summed E-state index contributed by atoms with van der Waals surface area (Å²) in [6, 6.07) is 0. The van der Waals surface area contributed by atoms with E-state index in [4.69, 9.17) is 0 Å². The van der Waals surface area contributed by atoms with E-state index < -0.39 is 0 Å². The quantitative estimate of drug-likeness (QED) is 0.767. The Bertz CT molecular complexity index is 337. The van der Waals surface area contributed by atoms with Crippen molar-refractivity contribution in [1.82, 2.24) is 15.5 Å². The molecule has 0 aromatic carbocycles. The average Bonchev–Trinajstić information content (AvgIpc) is 2.85. The van der Waals surface area contributed by atoms with Crippen molar-refractivity contribution in [2.45, 2.75) is 38.5 Å². The highest BCUT2D eigenvalue weighted by atomic mass is 15.1. The first-order chi connectivity index (χ1) is 7.43. The van der Waals surface area contributed by atoms with Crippen LogP contribution in [0.2, 0.25) is 0 Å². The van der Waals surface area contributed by atoms with Gasteiger partial charge in [-0.05, 0) is 63.1 Å². The first-order valence-electron chi connectivity index (χ1n) is 6.19. The highest BCUT2D eigenvalue weighted by molar-refractivity contribution is 5.29. The minimum atomic E-state index is 0.812. The Morgan fingerprint density at radius 3 is 3.13 bits per heavy atom. The molecule has 2 N–H and O–H groups in total. The zero-order chi connectivity index (χ0) is 10.1. The van der Waals surface area contributed by atoms with Gasteiger partial charge in [0.2, 0.25) is 0 Å². The Morgan fingerprint density at radius 1 is 1.27 bits per heavy atom. The first-order valence-corrected chi connectivity index (χ1v) is 6.19. The van der Waals surface area contributed by atoms with E-state index in [0.717, 1.165) is 5.92 Å². The Labute approximate surface area is 90.7 Å². The molecule has 0 radical (unpaired) electrons. The van der Waals surface area contributed by atoms with Gasteiger partial charge in [0.15, 0.2) is 0 Å². The normalized spacial score (nSPS) is 25.5. The molecule has 0 bridgehead atoms. The summed E-state index contributed by atoms with van der Waals surface area (Å²) in [5.74, 6) is 0.812. The average molecular weight is 205 g/mol. The van der Waals surface area contributed by atoms with E-state index in [-0.39, 0.29) is 0 Å². The van der Waals surface area contributed by atoms with Crippen LogP contribution < -0.4 is 5.32 Å². The van der Waals surface area contributed by atoms with Crippen LogP contribution in [-0.2, 0) is 19.3 Å². The van der Waals surface area contributed by atoms with Crippen LogP contribution in [0.25, 0.3) is 0 Å². The molecular formula is C12H19N3. The second-order valence-corrected chi connectivity index (χ2v) is 4.90. The van der Waals surface area contributed by atoms with Gasteiger partial charge in [-0.15, -0.1) is 0 Å². The van der Waals surface area contributed by atoms with Gasteiger partial charge in [0.05, 0.1) is 5.69 Å². The largest absolute Gasteiger partial charge is 0.316 e. The maximum Gasteiger partial charge on any atom is 0.0660 e. The van der Waals surface area contributed by atoms with E-state index in [2.05, 4.69) is 15.5 Å². The predicted molar refractivity (Wildman–Crippen MR) is 59.9 cm³/mol. The van der Waals surface area contributed by atoms with Crippen LogP contribution in [0.4, 0.5) is 0 Å². The highest BCUT2D eigenvalue weighted by Gasteiger charge is 2.21. The number of H-pyrrole nitrogens is 1. The SMILES string of the molecule is C1Cc2[nH]nc(CC3CCCNC3)c2C1. The Kier molecular flexibility index (Phi) is 2.49. The third-order valence-electron chi connectivity index (χ3n) is 3.77. The van der Waals surface area contributed by atoms with Gasteiger partial charge in [-0.2, -0.15) is 5.10 Å². The highest BCUT2D eigenvalue weighted by Crippen LogP contribution is 2.25.